The maximum atomic E-state index is 5.20. The van der Waals surface area contributed by atoms with Gasteiger partial charge in [-0.1, -0.05) is 20.8 Å². The third-order valence-corrected chi connectivity index (χ3v) is 3.65. The minimum atomic E-state index is 0.236. The molecule has 0 aliphatic carbocycles. The molecule has 0 aromatic carbocycles. The Bertz CT molecular complexity index is 304. The van der Waals surface area contributed by atoms with E-state index in [2.05, 4.69) is 38.4 Å². The van der Waals surface area contributed by atoms with Crippen molar-refractivity contribution in [1.29, 1.82) is 0 Å². The van der Waals surface area contributed by atoms with Crippen LogP contribution in [0.3, 0.4) is 0 Å². The molecule has 0 saturated carbocycles. The first-order chi connectivity index (χ1) is 7.54. The Balaban J connectivity index is 2.30. The van der Waals surface area contributed by atoms with Gasteiger partial charge >= 0.3 is 0 Å². The number of ether oxygens (including phenoxy) is 1. The van der Waals surface area contributed by atoms with E-state index >= 15 is 0 Å². The van der Waals surface area contributed by atoms with Gasteiger partial charge in [0, 0.05) is 16.9 Å². The second-order valence-electron chi connectivity index (χ2n) is 4.68. The lowest BCUT2D eigenvalue weighted by molar-refractivity contribution is 0.00387. The summed E-state index contributed by atoms with van der Waals surface area (Å²) in [7, 11) is 1.66. The Kier molecular flexibility index (Phi) is 5.41. The zero-order valence-corrected chi connectivity index (χ0v) is 11.3. The van der Waals surface area contributed by atoms with Gasteiger partial charge in [0.15, 0.2) is 0 Å². The van der Waals surface area contributed by atoms with Crippen molar-refractivity contribution in [2.45, 2.75) is 32.7 Å². The lowest BCUT2D eigenvalue weighted by Gasteiger charge is -2.15. The third-order valence-electron chi connectivity index (χ3n) is 2.14. The number of methoxy groups -OCH3 is 1. The van der Waals surface area contributed by atoms with Gasteiger partial charge in [-0.05, 0) is 17.5 Å². The molecule has 0 saturated heterocycles. The van der Waals surface area contributed by atoms with Gasteiger partial charge in [0.2, 0.25) is 0 Å². The number of thiophene rings is 1. The van der Waals surface area contributed by atoms with Crippen LogP contribution in [-0.4, -0.2) is 20.3 Å². The zero-order valence-electron chi connectivity index (χ0n) is 10.5. The van der Waals surface area contributed by atoms with Crippen molar-refractivity contribution in [3.8, 4) is 0 Å². The number of rotatable bonds is 6. The molecular formula is C12H21NO2S. The molecule has 0 spiro atoms. The Morgan fingerprint density at radius 3 is 2.56 bits per heavy atom. The van der Waals surface area contributed by atoms with Gasteiger partial charge in [0.1, 0.15) is 0 Å². The van der Waals surface area contributed by atoms with E-state index in [1.807, 2.05) is 11.3 Å². The van der Waals surface area contributed by atoms with Crippen LogP contribution in [0.4, 0.5) is 0 Å². The molecule has 0 unspecified atom stereocenters. The quantitative estimate of drug-likeness (QED) is 0.615. The Labute approximate surface area is 102 Å². The fourth-order valence-electron chi connectivity index (χ4n) is 1.20. The van der Waals surface area contributed by atoms with Gasteiger partial charge in [0.25, 0.3) is 0 Å². The first-order valence-electron chi connectivity index (χ1n) is 5.47. The average molecular weight is 243 g/mol. The van der Waals surface area contributed by atoms with Crippen molar-refractivity contribution in [3.05, 3.63) is 21.9 Å². The predicted molar refractivity (Wildman–Crippen MR) is 67.7 cm³/mol. The van der Waals surface area contributed by atoms with Crippen molar-refractivity contribution in [1.82, 2.24) is 5.48 Å². The van der Waals surface area contributed by atoms with Crippen LogP contribution in [-0.2, 0) is 21.5 Å². The summed E-state index contributed by atoms with van der Waals surface area (Å²) < 4.78 is 4.88. The van der Waals surface area contributed by atoms with Crippen LogP contribution >= 0.6 is 11.3 Å². The van der Waals surface area contributed by atoms with Gasteiger partial charge in [0.05, 0.1) is 19.8 Å². The van der Waals surface area contributed by atoms with Crippen LogP contribution in [0.1, 0.15) is 30.5 Å². The van der Waals surface area contributed by atoms with Crippen LogP contribution in [0.15, 0.2) is 12.1 Å². The zero-order chi connectivity index (χ0) is 12.0. The van der Waals surface area contributed by atoms with Gasteiger partial charge in [-0.2, -0.15) is 5.48 Å². The van der Waals surface area contributed by atoms with Gasteiger partial charge in [-0.25, -0.2) is 0 Å². The van der Waals surface area contributed by atoms with Crippen molar-refractivity contribution < 1.29 is 9.57 Å². The lowest BCUT2D eigenvalue weighted by Crippen LogP contribution is -2.16. The van der Waals surface area contributed by atoms with E-state index in [0.29, 0.717) is 13.2 Å². The van der Waals surface area contributed by atoms with E-state index in [-0.39, 0.29) is 5.41 Å². The molecule has 0 aliphatic rings. The van der Waals surface area contributed by atoms with Crippen molar-refractivity contribution in [2.24, 2.45) is 0 Å². The molecule has 0 bridgehead atoms. The smallest absolute Gasteiger partial charge is 0.0916 e. The Morgan fingerprint density at radius 2 is 2.00 bits per heavy atom. The molecule has 0 radical (unpaired) electrons. The minimum Gasteiger partial charge on any atom is -0.382 e. The van der Waals surface area contributed by atoms with E-state index < -0.39 is 0 Å². The highest BCUT2D eigenvalue weighted by Gasteiger charge is 2.15. The van der Waals surface area contributed by atoms with Crippen molar-refractivity contribution in [2.75, 3.05) is 20.3 Å². The van der Waals surface area contributed by atoms with Crippen LogP contribution < -0.4 is 5.48 Å². The summed E-state index contributed by atoms with van der Waals surface area (Å²) in [4.78, 5) is 7.90. The molecule has 16 heavy (non-hydrogen) atoms. The van der Waals surface area contributed by atoms with Crippen LogP contribution in [0.5, 0.6) is 0 Å². The summed E-state index contributed by atoms with van der Waals surface area (Å²) in [5.74, 6) is 0. The highest BCUT2D eigenvalue weighted by molar-refractivity contribution is 7.12. The van der Waals surface area contributed by atoms with Crippen LogP contribution in [0.25, 0.3) is 0 Å². The third kappa shape index (κ3) is 4.61. The topological polar surface area (TPSA) is 30.5 Å². The summed E-state index contributed by atoms with van der Waals surface area (Å²) in [6, 6.07) is 4.34. The molecule has 1 aromatic rings. The number of hydrogen-bond acceptors (Lipinski definition) is 4. The number of hydroxylamine groups is 1. The average Bonchev–Trinajstić information content (AvgIpc) is 2.65. The first-order valence-corrected chi connectivity index (χ1v) is 6.28. The molecular weight excluding hydrogens is 222 g/mol. The minimum absolute atomic E-state index is 0.236. The van der Waals surface area contributed by atoms with E-state index in [4.69, 9.17) is 9.57 Å². The molecule has 4 heteroatoms. The van der Waals surface area contributed by atoms with E-state index in [1.54, 1.807) is 7.11 Å². The molecule has 1 aromatic heterocycles. The fraction of sp³-hybridized carbons (Fsp3) is 0.667. The van der Waals surface area contributed by atoms with Gasteiger partial charge < -0.3 is 4.74 Å². The molecule has 0 amide bonds. The molecule has 0 atom stereocenters. The fourth-order valence-corrected chi connectivity index (χ4v) is 2.19. The largest absolute Gasteiger partial charge is 0.382 e. The lowest BCUT2D eigenvalue weighted by atomic mass is 9.95. The standard InChI is InChI=1S/C12H21NO2S/c1-12(2,3)11-6-5-10(16-11)9-13-15-8-7-14-4/h5-6,13H,7-9H2,1-4H3. The maximum Gasteiger partial charge on any atom is 0.0916 e. The summed E-state index contributed by atoms with van der Waals surface area (Å²) in [5.41, 5.74) is 3.17. The molecule has 0 aliphatic heterocycles. The van der Waals surface area contributed by atoms with Gasteiger partial charge in [-0.15, -0.1) is 11.3 Å². The molecule has 1 N–H and O–H groups in total. The SMILES string of the molecule is COCCONCc1ccc(C(C)(C)C)s1. The summed E-state index contributed by atoms with van der Waals surface area (Å²) in [6.07, 6.45) is 0. The van der Waals surface area contributed by atoms with Gasteiger partial charge in [-0.3, -0.25) is 4.84 Å². The Hall–Kier alpha value is -0.420. The van der Waals surface area contributed by atoms with E-state index in [9.17, 15) is 0 Å². The van der Waals surface area contributed by atoms with E-state index in [0.717, 1.165) is 6.54 Å². The van der Waals surface area contributed by atoms with E-state index in [1.165, 1.54) is 9.75 Å². The molecule has 3 nitrogen and oxygen atoms in total. The maximum absolute atomic E-state index is 5.20. The summed E-state index contributed by atoms with van der Waals surface area (Å²) in [6.45, 7) is 8.63. The van der Waals surface area contributed by atoms with Crippen LogP contribution in [0, 0.1) is 0 Å². The number of hydrogen-bond donors (Lipinski definition) is 1. The highest BCUT2D eigenvalue weighted by Crippen LogP contribution is 2.29. The molecule has 1 heterocycles. The normalized spacial score (nSPS) is 12.0. The molecule has 1 rings (SSSR count). The molecule has 0 fully saturated rings. The van der Waals surface area contributed by atoms with Crippen LogP contribution in [0.2, 0.25) is 0 Å². The summed E-state index contributed by atoms with van der Waals surface area (Å²) >= 11 is 1.83. The summed E-state index contributed by atoms with van der Waals surface area (Å²) in [5, 5.41) is 0. The highest BCUT2D eigenvalue weighted by atomic mass is 32.1. The predicted octanol–water partition coefficient (Wildman–Crippen LogP) is 2.71. The van der Waals surface area contributed by atoms with Crippen molar-refractivity contribution in [3.63, 3.8) is 0 Å². The second-order valence-corrected chi connectivity index (χ2v) is 5.85. The number of nitrogens with one attached hydrogen (secondary N) is 1. The molecule has 92 valence electrons. The first kappa shape index (κ1) is 13.6. The Morgan fingerprint density at radius 1 is 1.25 bits per heavy atom. The monoisotopic (exact) mass is 243 g/mol. The van der Waals surface area contributed by atoms with Crippen molar-refractivity contribution >= 4 is 11.3 Å². The second kappa shape index (κ2) is 6.35.